The van der Waals surface area contributed by atoms with Crippen molar-refractivity contribution < 1.29 is 77.5 Å². The summed E-state index contributed by atoms with van der Waals surface area (Å²) < 4.78 is 11.7. The molecule has 0 saturated carbocycles. The lowest BCUT2D eigenvalue weighted by Crippen LogP contribution is -2.57. The summed E-state index contributed by atoms with van der Waals surface area (Å²) in [6, 6.07) is 1.11. The average molecular weight is 1100 g/mol. The Morgan fingerprint density at radius 2 is 1.32 bits per heavy atom. The van der Waals surface area contributed by atoms with Crippen LogP contribution in [-0.2, 0) is 65.7 Å². The van der Waals surface area contributed by atoms with E-state index >= 15 is 0 Å². The molecular formula is C49H71N11O16S. The number of aromatic hydroxyl groups is 2. The number of thioether (sulfide) groups is 1. The lowest BCUT2D eigenvalue weighted by atomic mass is 10.1. The summed E-state index contributed by atoms with van der Waals surface area (Å²) in [4.78, 5) is 137. The highest BCUT2D eigenvalue weighted by molar-refractivity contribution is 7.99. The molecule has 1 aromatic heterocycles. The quantitative estimate of drug-likeness (QED) is 0.00894. The number of carbonyl (C=O) groups is 11. The second kappa shape index (κ2) is 32.7. The third-order valence-corrected chi connectivity index (χ3v) is 12.7. The van der Waals surface area contributed by atoms with Gasteiger partial charge in [-0.25, -0.2) is 0 Å². The van der Waals surface area contributed by atoms with Crippen molar-refractivity contribution in [1.29, 1.82) is 0 Å². The van der Waals surface area contributed by atoms with E-state index in [9.17, 15) is 68.1 Å². The minimum Gasteiger partial charge on any atom is -0.494 e. The van der Waals surface area contributed by atoms with Crippen LogP contribution in [0.1, 0.15) is 90.5 Å². The molecule has 1 aliphatic rings. The van der Waals surface area contributed by atoms with E-state index < -0.39 is 95.4 Å². The van der Waals surface area contributed by atoms with Crippen LogP contribution in [0, 0.1) is 0 Å². The standard InChI is InChI=1S/C49H71N11O16S/c1-5-37(62)52-19-9-8-12-31(56-38(63)6-2)48(73)58-33(46(51)71)27-77-36-25-43(68)60(49(36)74)21-17-39(64)54-26-32(45(50)70)57-47(72)30(55-28(3)61)11-7-10-20-53-40(65)24-29-13-14-34(35(23-29)75-4)76-44(69)18-22-59-41(66)15-16-42(59)67/h13-16,23,25,30-33,45,68,70,74H,5-12,17-22,24,26-27,50H2,1-4H3,(H2,51,71)(H,52,62)(H,53,65)(H,54,64)(H,55,61)(H,56,63)(H,57,72)(H,58,73). The lowest BCUT2D eigenvalue weighted by Gasteiger charge is -2.25. The van der Waals surface area contributed by atoms with Gasteiger partial charge in [0.2, 0.25) is 53.1 Å². The highest BCUT2D eigenvalue weighted by Crippen LogP contribution is 2.36. The fraction of sp³-hybridized carbons (Fsp3) is 0.531. The van der Waals surface area contributed by atoms with E-state index in [0.717, 1.165) is 33.4 Å². The van der Waals surface area contributed by atoms with Gasteiger partial charge >= 0.3 is 5.97 Å². The van der Waals surface area contributed by atoms with Gasteiger partial charge in [0.15, 0.2) is 17.4 Å². The Balaban J connectivity index is 1.46. The van der Waals surface area contributed by atoms with Gasteiger partial charge < -0.3 is 73.5 Å². The van der Waals surface area contributed by atoms with E-state index in [1.807, 2.05) is 0 Å². The second-order valence-electron chi connectivity index (χ2n) is 17.6. The number of hydrogen-bond acceptors (Lipinski definition) is 18. The number of hydrogen-bond donors (Lipinski definition) is 12. The van der Waals surface area contributed by atoms with Crippen LogP contribution in [0.2, 0.25) is 0 Å². The molecule has 27 nitrogen and oxygen atoms in total. The van der Waals surface area contributed by atoms with Crippen molar-refractivity contribution >= 4 is 76.8 Å². The van der Waals surface area contributed by atoms with Crippen molar-refractivity contribution in [2.75, 3.05) is 39.0 Å². The summed E-state index contributed by atoms with van der Waals surface area (Å²) in [5.41, 5.74) is 11.8. The number of amides is 10. The number of rotatable bonds is 35. The number of methoxy groups -OCH3 is 1. The van der Waals surface area contributed by atoms with Crippen LogP contribution in [0.25, 0.3) is 0 Å². The molecular weight excluding hydrogens is 1030 g/mol. The van der Waals surface area contributed by atoms with E-state index in [4.69, 9.17) is 20.9 Å². The van der Waals surface area contributed by atoms with Gasteiger partial charge in [-0.3, -0.25) is 62.2 Å². The van der Waals surface area contributed by atoms with Gasteiger partial charge in [0.1, 0.15) is 24.4 Å². The van der Waals surface area contributed by atoms with Crippen molar-refractivity contribution in [3.05, 3.63) is 42.0 Å². The maximum Gasteiger partial charge on any atom is 0.313 e. The Morgan fingerprint density at radius 1 is 0.714 bits per heavy atom. The predicted molar refractivity (Wildman–Crippen MR) is 276 cm³/mol. The van der Waals surface area contributed by atoms with E-state index in [0.29, 0.717) is 44.2 Å². The number of aromatic nitrogens is 1. The van der Waals surface area contributed by atoms with Crippen LogP contribution in [0.5, 0.6) is 23.3 Å². The molecule has 2 aromatic rings. The normalized spacial score (nSPS) is 13.8. The first-order chi connectivity index (χ1) is 36.6. The maximum absolute atomic E-state index is 13.3. The molecule has 28 heteroatoms. The van der Waals surface area contributed by atoms with Crippen LogP contribution in [0.15, 0.2) is 41.3 Å². The van der Waals surface area contributed by atoms with Crippen molar-refractivity contribution in [3.8, 4) is 23.3 Å². The number of unbranched alkanes of at least 4 members (excludes halogenated alkanes) is 2. The number of ether oxygens (including phenoxy) is 2. The van der Waals surface area contributed by atoms with Crippen LogP contribution < -0.4 is 58.2 Å². The highest BCUT2D eigenvalue weighted by Gasteiger charge is 2.29. The largest absolute Gasteiger partial charge is 0.494 e. The molecule has 1 aliphatic heterocycles. The fourth-order valence-electron chi connectivity index (χ4n) is 7.32. The van der Waals surface area contributed by atoms with Gasteiger partial charge in [0.05, 0.1) is 30.9 Å². The summed E-state index contributed by atoms with van der Waals surface area (Å²) in [6.45, 7) is 4.33. The van der Waals surface area contributed by atoms with Crippen molar-refractivity contribution in [3.63, 3.8) is 0 Å². The van der Waals surface area contributed by atoms with E-state index in [2.05, 4.69) is 37.2 Å². The summed E-state index contributed by atoms with van der Waals surface area (Å²) >= 11 is 0.870. The van der Waals surface area contributed by atoms with Gasteiger partial charge in [-0.1, -0.05) is 19.9 Å². The van der Waals surface area contributed by atoms with Gasteiger partial charge in [-0.05, 0) is 56.2 Å². The molecule has 5 unspecified atom stereocenters. The lowest BCUT2D eigenvalue weighted by molar-refractivity contribution is -0.139. The summed E-state index contributed by atoms with van der Waals surface area (Å²) in [5, 5.41) is 50.0. The minimum atomic E-state index is -1.67. The topological polar surface area (TPSA) is 411 Å². The Morgan fingerprint density at radius 3 is 1.91 bits per heavy atom. The number of carbonyl (C=O) groups excluding carboxylic acids is 11. The Labute approximate surface area is 448 Å². The summed E-state index contributed by atoms with van der Waals surface area (Å²) in [5.74, 6) is -6.97. The zero-order valence-corrected chi connectivity index (χ0v) is 44.3. The number of esters is 1. The predicted octanol–water partition coefficient (Wildman–Crippen LogP) is -1.92. The Bertz CT molecular complexity index is 2450. The third-order valence-electron chi connectivity index (χ3n) is 11.6. The molecule has 0 aliphatic carbocycles. The van der Waals surface area contributed by atoms with Gasteiger partial charge in [-0.15, -0.1) is 11.8 Å². The Kier molecular flexibility index (Phi) is 27.0. The molecule has 10 amide bonds. The number of aliphatic hydroxyl groups is 1. The molecule has 0 spiro atoms. The van der Waals surface area contributed by atoms with Crippen LogP contribution in [0.4, 0.5) is 0 Å². The molecule has 0 bridgehead atoms. The third kappa shape index (κ3) is 22.2. The number of nitrogens with one attached hydrogen (secondary N) is 7. The average Bonchev–Trinajstić information content (AvgIpc) is 3.85. The van der Waals surface area contributed by atoms with Crippen molar-refractivity contribution in [2.45, 2.75) is 133 Å². The molecule has 3 rings (SSSR count). The summed E-state index contributed by atoms with van der Waals surface area (Å²) in [7, 11) is 1.35. The number of imide groups is 1. The molecule has 0 radical (unpaired) electrons. The number of primary amides is 1. The first kappa shape index (κ1) is 63.6. The minimum absolute atomic E-state index is 0.0644. The zero-order chi connectivity index (χ0) is 57.2. The number of nitrogens with zero attached hydrogens (tertiary/aromatic N) is 2. The van der Waals surface area contributed by atoms with Crippen LogP contribution in [-0.4, -0.2) is 159 Å². The highest BCUT2D eigenvalue weighted by atomic mass is 32.2. The zero-order valence-electron chi connectivity index (χ0n) is 43.5. The molecule has 14 N–H and O–H groups in total. The van der Waals surface area contributed by atoms with Gasteiger partial charge in [0, 0.05) is 82.9 Å². The van der Waals surface area contributed by atoms with Crippen molar-refractivity contribution in [2.24, 2.45) is 11.5 Å². The van der Waals surface area contributed by atoms with Gasteiger partial charge in [0.25, 0.3) is 11.8 Å². The first-order valence-corrected chi connectivity index (χ1v) is 25.9. The molecule has 424 valence electrons. The molecule has 5 atom stereocenters. The van der Waals surface area contributed by atoms with E-state index in [1.54, 1.807) is 19.9 Å². The van der Waals surface area contributed by atoms with Gasteiger partial charge in [-0.2, -0.15) is 0 Å². The molecule has 2 heterocycles. The fourth-order valence-corrected chi connectivity index (χ4v) is 8.35. The van der Waals surface area contributed by atoms with Crippen LogP contribution in [0.3, 0.4) is 0 Å². The number of aliphatic hydroxyl groups excluding tert-OH is 1. The smallest absolute Gasteiger partial charge is 0.313 e. The number of benzene rings is 1. The molecule has 1 aromatic carbocycles. The number of nitrogens with two attached hydrogens (primary N) is 2. The van der Waals surface area contributed by atoms with Crippen LogP contribution >= 0.6 is 11.8 Å². The van der Waals surface area contributed by atoms with E-state index in [1.165, 1.54) is 32.2 Å². The monoisotopic (exact) mass is 1100 g/mol. The van der Waals surface area contributed by atoms with Crippen molar-refractivity contribution in [1.82, 2.24) is 46.7 Å². The maximum atomic E-state index is 13.3. The second-order valence-corrected chi connectivity index (χ2v) is 18.7. The molecule has 0 fully saturated rings. The molecule has 77 heavy (non-hydrogen) atoms. The van der Waals surface area contributed by atoms with E-state index in [-0.39, 0.29) is 98.7 Å². The Hall–Kier alpha value is -7.72. The molecule has 0 saturated heterocycles. The SMILES string of the molecule is CCC(=O)NCCCCC(NC(=O)CC)C(=O)NC(CSc1cc(O)n(CCC(=O)NCC(NC(=O)C(CCCCNC(=O)Cc2ccc(OC(=O)CCN3C(=O)C=CC3=O)c(OC)c2)NC(C)=O)C(N)O)c1O)C(N)=O. The summed E-state index contributed by atoms with van der Waals surface area (Å²) in [6.07, 6.45) is 2.40. The first-order valence-electron chi connectivity index (χ1n) is 24.9.